The van der Waals surface area contributed by atoms with E-state index in [0.717, 1.165) is 0 Å². The van der Waals surface area contributed by atoms with E-state index in [0.29, 0.717) is 12.8 Å². The van der Waals surface area contributed by atoms with Crippen molar-refractivity contribution in [1.82, 2.24) is 5.32 Å². The summed E-state index contributed by atoms with van der Waals surface area (Å²) in [6.45, 7) is 5.26. The predicted molar refractivity (Wildman–Crippen MR) is 64.1 cm³/mol. The van der Waals surface area contributed by atoms with Crippen molar-refractivity contribution in [3.63, 3.8) is 0 Å². The summed E-state index contributed by atoms with van der Waals surface area (Å²) >= 11 is 0. The average molecular weight is 259 g/mol. The average Bonchev–Trinajstić information content (AvgIpc) is 2.17. The van der Waals surface area contributed by atoms with Crippen molar-refractivity contribution < 1.29 is 24.5 Å². The van der Waals surface area contributed by atoms with E-state index in [4.69, 9.17) is 9.84 Å². The minimum atomic E-state index is -0.898. The fourth-order valence-corrected chi connectivity index (χ4v) is 2.00. The molecule has 0 aromatic heterocycles. The van der Waals surface area contributed by atoms with Crippen LogP contribution in [-0.4, -0.2) is 40.0 Å². The van der Waals surface area contributed by atoms with Crippen molar-refractivity contribution in [2.24, 2.45) is 5.92 Å². The summed E-state index contributed by atoms with van der Waals surface area (Å²) in [5, 5.41) is 21.2. The molecule has 1 amide bonds. The van der Waals surface area contributed by atoms with Gasteiger partial charge < -0.3 is 20.3 Å². The first-order valence-electron chi connectivity index (χ1n) is 6.09. The molecular weight excluding hydrogens is 238 g/mol. The number of rotatable bonds is 2. The number of nitrogens with one attached hydrogen (secondary N) is 1. The Balaban J connectivity index is 2.45. The van der Waals surface area contributed by atoms with Crippen molar-refractivity contribution >= 4 is 12.1 Å². The maximum Gasteiger partial charge on any atom is 0.407 e. The summed E-state index contributed by atoms with van der Waals surface area (Å²) in [6.07, 6.45) is -0.368. The number of carbonyl (C=O) groups is 2. The molecule has 3 atom stereocenters. The summed E-state index contributed by atoms with van der Waals surface area (Å²) in [5.74, 6) is -1.43. The van der Waals surface area contributed by atoms with Crippen LogP contribution in [0.1, 0.15) is 40.0 Å². The topological polar surface area (TPSA) is 95.9 Å². The molecular formula is C12H21NO5. The first kappa shape index (κ1) is 14.8. The van der Waals surface area contributed by atoms with Crippen molar-refractivity contribution in [1.29, 1.82) is 0 Å². The monoisotopic (exact) mass is 259 g/mol. The maximum atomic E-state index is 11.5. The van der Waals surface area contributed by atoms with Crippen LogP contribution in [0.25, 0.3) is 0 Å². The molecule has 0 bridgehead atoms. The summed E-state index contributed by atoms with van der Waals surface area (Å²) < 4.78 is 5.09. The number of aliphatic hydroxyl groups excluding tert-OH is 1. The number of carboxylic acid groups (broad SMARTS) is 1. The SMILES string of the molecule is CC(C)(C)OC(=O)N[C@@H]1CC[C@@H](C(=O)O)C[C@@H]1O. The zero-order valence-electron chi connectivity index (χ0n) is 11.0. The van der Waals surface area contributed by atoms with Gasteiger partial charge in [0.05, 0.1) is 18.1 Å². The lowest BCUT2D eigenvalue weighted by molar-refractivity contribution is -0.144. The maximum absolute atomic E-state index is 11.5. The molecule has 1 saturated carbocycles. The van der Waals surface area contributed by atoms with Crippen LogP contribution < -0.4 is 5.32 Å². The van der Waals surface area contributed by atoms with Crippen LogP contribution in [0.3, 0.4) is 0 Å². The van der Waals surface area contributed by atoms with Crippen molar-refractivity contribution in [2.45, 2.75) is 57.8 Å². The van der Waals surface area contributed by atoms with Crippen LogP contribution in [0.5, 0.6) is 0 Å². The van der Waals surface area contributed by atoms with Gasteiger partial charge in [-0.25, -0.2) is 4.79 Å². The van der Waals surface area contributed by atoms with Gasteiger partial charge in [-0.2, -0.15) is 0 Å². The van der Waals surface area contributed by atoms with Crippen molar-refractivity contribution in [2.75, 3.05) is 0 Å². The van der Waals surface area contributed by atoms with E-state index >= 15 is 0 Å². The highest BCUT2D eigenvalue weighted by molar-refractivity contribution is 5.70. The Kier molecular flexibility index (Phi) is 4.56. The van der Waals surface area contributed by atoms with Gasteiger partial charge >= 0.3 is 12.1 Å². The number of alkyl carbamates (subject to hydrolysis) is 1. The number of amides is 1. The Labute approximate surface area is 106 Å². The van der Waals surface area contributed by atoms with Gasteiger partial charge in [-0.3, -0.25) is 4.79 Å². The number of hydrogen-bond acceptors (Lipinski definition) is 4. The Hall–Kier alpha value is -1.30. The lowest BCUT2D eigenvalue weighted by Gasteiger charge is -2.32. The molecule has 0 saturated heterocycles. The van der Waals surface area contributed by atoms with E-state index in [9.17, 15) is 14.7 Å². The summed E-state index contributed by atoms with van der Waals surface area (Å²) in [4.78, 5) is 22.3. The molecule has 6 nitrogen and oxygen atoms in total. The van der Waals surface area contributed by atoms with Gasteiger partial charge in [-0.1, -0.05) is 0 Å². The summed E-state index contributed by atoms with van der Waals surface area (Å²) in [7, 11) is 0. The second kappa shape index (κ2) is 5.56. The van der Waals surface area contributed by atoms with Crippen LogP contribution in [0, 0.1) is 5.92 Å². The Morgan fingerprint density at radius 2 is 1.89 bits per heavy atom. The fourth-order valence-electron chi connectivity index (χ4n) is 2.00. The molecule has 0 spiro atoms. The lowest BCUT2D eigenvalue weighted by atomic mass is 9.84. The fraction of sp³-hybridized carbons (Fsp3) is 0.833. The Morgan fingerprint density at radius 1 is 1.28 bits per heavy atom. The highest BCUT2D eigenvalue weighted by atomic mass is 16.6. The normalized spacial score (nSPS) is 28.6. The first-order chi connectivity index (χ1) is 8.19. The van der Waals surface area contributed by atoms with E-state index in [-0.39, 0.29) is 6.42 Å². The number of ether oxygens (including phenoxy) is 1. The molecule has 3 N–H and O–H groups in total. The third-order valence-corrected chi connectivity index (χ3v) is 2.87. The van der Waals surface area contributed by atoms with Crippen LogP contribution in [0.15, 0.2) is 0 Å². The zero-order chi connectivity index (χ0) is 13.9. The van der Waals surface area contributed by atoms with Crippen LogP contribution in [0.2, 0.25) is 0 Å². The van der Waals surface area contributed by atoms with Gasteiger partial charge in [0.15, 0.2) is 0 Å². The lowest BCUT2D eigenvalue weighted by Crippen LogP contribution is -2.49. The van der Waals surface area contributed by atoms with Crippen LogP contribution in [0.4, 0.5) is 4.79 Å². The van der Waals surface area contributed by atoms with Gasteiger partial charge in [0.25, 0.3) is 0 Å². The molecule has 0 aromatic carbocycles. The van der Waals surface area contributed by atoms with E-state index in [2.05, 4.69) is 5.32 Å². The molecule has 0 heterocycles. The van der Waals surface area contributed by atoms with Crippen molar-refractivity contribution in [3.8, 4) is 0 Å². The van der Waals surface area contributed by atoms with Crippen LogP contribution in [-0.2, 0) is 9.53 Å². The Morgan fingerprint density at radius 3 is 2.33 bits per heavy atom. The molecule has 1 aliphatic carbocycles. The molecule has 0 aromatic rings. The third kappa shape index (κ3) is 4.52. The number of aliphatic hydroxyl groups is 1. The van der Waals surface area contributed by atoms with E-state index in [1.165, 1.54) is 0 Å². The molecule has 1 fully saturated rings. The summed E-state index contributed by atoms with van der Waals surface area (Å²) in [6, 6.07) is -0.435. The quantitative estimate of drug-likeness (QED) is 0.690. The third-order valence-electron chi connectivity index (χ3n) is 2.87. The van der Waals surface area contributed by atoms with E-state index < -0.39 is 35.7 Å². The first-order valence-corrected chi connectivity index (χ1v) is 6.09. The minimum Gasteiger partial charge on any atom is -0.481 e. The van der Waals surface area contributed by atoms with Crippen molar-refractivity contribution in [3.05, 3.63) is 0 Å². The van der Waals surface area contributed by atoms with E-state index in [1.807, 2.05) is 0 Å². The molecule has 1 aliphatic rings. The second-order valence-corrected chi connectivity index (χ2v) is 5.67. The number of carboxylic acids is 1. The molecule has 18 heavy (non-hydrogen) atoms. The molecule has 1 rings (SSSR count). The minimum absolute atomic E-state index is 0.162. The molecule has 104 valence electrons. The van der Waals surface area contributed by atoms with E-state index in [1.54, 1.807) is 20.8 Å². The van der Waals surface area contributed by atoms with Gasteiger partial charge in [0.1, 0.15) is 5.60 Å². The smallest absolute Gasteiger partial charge is 0.407 e. The van der Waals surface area contributed by atoms with Gasteiger partial charge in [0, 0.05) is 0 Å². The summed E-state index contributed by atoms with van der Waals surface area (Å²) in [5.41, 5.74) is -0.590. The molecule has 0 radical (unpaired) electrons. The highest BCUT2D eigenvalue weighted by Gasteiger charge is 2.34. The van der Waals surface area contributed by atoms with Gasteiger partial charge in [0.2, 0.25) is 0 Å². The van der Waals surface area contributed by atoms with Gasteiger partial charge in [-0.05, 0) is 40.0 Å². The molecule has 0 aliphatic heterocycles. The van der Waals surface area contributed by atoms with Gasteiger partial charge in [-0.15, -0.1) is 0 Å². The Bertz CT molecular complexity index is 323. The highest BCUT2D eigenvalue weighted by Crippen LogP contribution is 2.25. The number of carbonyl (C=O) groups excluding carboxylic acids is 1. The second-order valence-electron chi connectivity index (χ2n) is 5.67. The van der Waals surface area contributed by atoms with Crippen LogP contribution >= 0.6 is 0 Å². The zero-order valence-corrected chi connectivity index (χ0v) is 11.0. The number of hydrogen-bond donors (Lipinski definition) is 3. The largest absolute Gasteiger partial charge is 0.481 e. The standard InChI is InChI=1S/C12H21NO5/c1-12(2,3)18-11(17)13-8-5-4-7(10(15)16)6-9(8)14/h7-9,14H,4-6H2,1-3H3,(H,13,17)(H,15,16)/t7-,8-,9+/m1/s1. The molecule has 6 heteroatoms. The molecule has 0 unspecified atom stereocenters. The number of aliphatic carboxylic acids is 1. The predicted octanol–water partition coefficient (Wildman–Crippen LogP) is 1.13.